The molecule has 0 spiro atoms. The summed E-state index contributed by atoms with van der Waals surface area (Å²) in [6, 6.07) is 36.7. The minimum Gasteiger partial charge on any atom is -0.309 e. The first kappa shape index (κ1) is 20.4. The van der Waals surface area contributed by atoms with E-state index >= 15 is 0 Å². The van der Waals surface area contributed by atoms with Gasteiger partial charge in [-0.3, -0.25) is 0 Å². The van der Waals surface area contributed by atoms with Crippen molar-refractivity contribution in [2.45, 2.75) is 0 Å². The molecular weight excluding hydrogens is 647 g/mol. The van der Waals surface area contributed by atoms with Crippen molar-refractivity contribution in [1.29, 1.82) is 0 Å². The van der Waals surface area contributed by atoms with Gasteiger partial charge in [0.25, 0.3) is 0 Å². The minimum absolute atomic E-state index is 0.0290. The molecule has 0 N–H and O–H groups in total. The number of anilines is 3. The van der Waals surface area contributed by atoms with E-state index in [2.05, 4.69) is 29.2 Å². The summed E-state index contributed by atoms with van der Waals surface area (Å²) in [4.78, 5) is 2.14. The highest BCUT2D eigenvalue weighted by molar-refractivity contribution is 7.26. The number of fused-ring (bicyclic) bond motifs is 5. The van der Waals surface area contributed by atoms with Crippen LogP contribution in [0, 0.1) is 0 Å². The summed E-state index contributed by atoms with van der Waals surface area (Å²) in [5.74, 6) is 0. The molecule has 10 aromatic rings. The van der Waals surface area contributed by atoms with Gasteiger partial charge in [0.1, 0.15) is 0 Å². The van der Waals surface area contributed by atoms with E-state index in [0.717, 1.165) is 59.1 Å². The Morgan fingerprint density at radius 1 is 0.404 bits per heavy atom. The highest BCUT2D eigenvalue weighted by Crippen LogP contribution is 2.45. The number of hydrogen-bond donors (Lipinski definition) is 0. The van der Waals surface area contributed by atoms with Crippen molar-refractivity contribution in [3.8, 4) is 33.4 Å². The first-order valence-electron chi connectivity index (χ1n) is 22.8. The largest absolute Gasteiger partial charge is 0.309 e. The van der Waals surface area contributed by atoms with Crippen LogP contribution in [0.2, 0.25) is 0 Å². The van der Waals surface area contributed by atoms with Crippen molar-refractivity contribution in [3.63, 3.8) is 0 Å². The second-order valence-electron chi connectivity index (χ2n) is 12.4. The fourth-order valence-corrected chi connectivity index (χ4v) is 8.21. The molecule has 0 saturated heterocycles. The summed E-state index contributed by atoms with van der Waals surface area (Å²) in [6.07, 6.45) is 0. The van der Waals surface area contributed by atoms with Crippen LogP contribution in [0.1, 0.15) is 16.4 Å². The zero-order valence-corrected chi connectivity index (χ0v) is 28.3. The van der Waals surface area contributed by atoms with E-state index in [1.165, 1.54) is 0 Å². The van der Waals surface area contributed by atoms with Gasteiger partial charge in [0, 0.05) is 26.8 Å². The first-order chi connectivity index (χ1) is 30.8. The zero-order chi connectivity index (χ0) is 44.9. The average molecular weight is 692 g/mol. The molecule has 244 valence electrons. The Morgan fingerprint density at radius 3 is 1.94 bits per heavy atom. The molecule has 9 aromatic carbocycles. The minimum atomic E-state index is -0.500. The normalized spacial score (nSPS) is 14.7. The standard InChI is InChI=1S/C50H33NS/c1-2-11-35(12-3-1)44-19-9-15-37-23-24-39(33-47(37)44)34-25-29-40(30-26-34)51(48-21-10-20-46-45-17-6-7-22-49(45)52-50(46)48)41-31-27-38(28-32-41)43-18-8-14-36-13-4-5-16-42(36)43/h1-33H/i1D,2D,3D,4D,5D,8D,11D,12D,13D,14D,16D,18D. The third-order valence-electron chi connectivity index (χ3n) is 9.46. The molecule has 0 bridgehead atoms. The van der Waals surface area contributed by atoms with Crippen LogP contribution in [0.25, 0.3) is 75.1 Å². The van der Waals surface area contributed by atoms with Crippen LogP contribution in [0.5, 0.6) is 0 Å². The molecule has 0 unspecified atom stereocenters. The first-order valence-corrected chi connectivity index (χ1v) is 17.6. The Hall–Kier alpha value is -6.48. The Kier molecular flexibility index (Phi) is 4.98. The molecule has 1 aromatic heterocycles. The summed E-state index contributed by atoms with van der Waals surface area (Å²) < 4.78 is 104. The van der Waals surface area contributed by atoms with Crippen LogP contribution in [-0.2, 0) is 0 Å². The Labute approximate surface area is 324 Å². The molecule has 0 atom stereocenters. The van der Waals surface area contributed by atoms with Crippen LogP contribution < -0.4 is 4.90 Å². The van der Waals surface area contributed by atoms with Crippen molar-refractivity contribution in [2.24, 2.45) is 0 Å². The molecule has 1 nitrogen and oxygen atoms in total. The lowest BCUT2D eigenvalue weighted by Crippen LogP contribution is -2.10. The van der Waals surface area contributed by atoms with E-state index in [9.17, 15) is 0 Å². The number of benzene rings is 9. The lowest BCUT2D eigenvalue weighted by Gasteiger charge is -2.26. The van der Waals surface area contributed by atoms with Gasteiger partial charge in [-0.2, -0.15) is 0 Å². The molecule has 0 aliphatic carbocycles. The molecule has 2 heteroatoms. The van der Waals surface area contributed by atoms with Gasteiger partial charge >= 0.3 is 0 Å². The average Bonchev–Trinajstić information content (AvgIpc) is 3.71. The monoisotopic (exact) mass is 691 g/mol. The molecule has 1 heterocycles. The van der Waals surface area contributed by atoms with Crippen LogP contribution >= 0.6 is 11.3 Å². The van der Waals surface area contributed by atoms with Crippen LogP contribution in [0.3, 0.4) is 0 Å². The molecule has 0 aliphatic rings. The van der Waals surface area contributed by atoms with E-state index in [1.54, 1.807) is 29.5 Å². The lowest BCUT2D eigenvalue weighted by molar-refractivity contribution is 1.30. The quantitative estimate of drug-likeness (QED) is 0.168. The van der Waals surface area contributed by atoms with Gasteiger partial charge in [-0.15, -0.1) is 11.3 Å². The van der Waals surface area contributed by atoms with Crippen LogP contribution in [-0.4, -0.2) is 0 Å². The maximum atomic E-state index is 8.92. The van der Waals surface area contributed by atoms with Crippen molar-refractivity contribution >= 4 is 70.1 Å². The van der Waals surface area contributed by atoms with E-state index in [-0.39, 0.29) is 58.2 Å². The molecular formula is C50H33NS. The van der Waals surface area contributed by atoms with Gasteiger partial charge in [0.2, 0.25) is 0 Å². The van der Waals surface area contributed by atoms with Crippen molar-refractivity contribution in [1.82, 2.24) is 0 Å². The fourth-order valence-electron chi connectivity index (χ4n) is 7.00. The van der Waals surface area contributed by atoms with Gasteiger partial charge in [-0.1, -0.05) is 157 Å². The number of nitrogens with zero attached hydrogens (tertiary/aromatic N) is 1. The SMILES string of the molecule is [2H]c1c([2H])c([2H])c(-c2cccc3ccc(-c4ccc(N(c5ccc(-c6c([2H])c([2H])c([2H])c7c([2H])c([2H])c([2H])c([2H])c67)cc5)c5cccc6c5sc5ccccc56)cc4)cc23)c([2H])c1[2H]. The molecule has 0 saturated carbocycles. The maximum absolute atomic E-state index is 8.92. The van der Waals surface area contributed by atoms with Gasteiger partial charge < -0.3 is 4.90 Å². The van der Waals surface area contributed by atoms with E-state index in [1.807, 2.05) is 84.9 Å². The summed E-state index contributed by atoms with van der Waals surface area (Å²) in [5, 5.41) is 3.77. The topological polar surface area (TPSA) is 3.24 Å². The highest BCUT2D eigenvalue weighted by atomic mass is 32.1. The molecule has 0 radical (unpaired) electrons. The molecule has 0 amide bonds. The Bertz CT molecular complexity index is 3550. The van der Waals surface area contributed by atoms with Gasteiger partial charge in [0.05, 0.1) is 26.8 Å². The summed E-state index contributed by atoms with van der Waals surface area (Å²) in [6.45, 7) is 0. The summed E-state index contributed by atoms with van der Waals surface area (Å²) in [5.41, 5.74) is 5.57. The molecule has 0 fully saturated rings. The zero-order valence-electron chi connectivity index (χ0n) is 39.5. The smallest absolute Gasteiger partial charge is 0.0640 e. The van der Waals surface area contributed by atoms with E-state index < -0.39 is 36.3 Å². The van der Waals surface area contributed by atoms with Crippen LogP contribution in [0.15, 0.2) is 200 Å². The highest BCUT2D eigenvalue weighted by Gasteiger charge is 2.19. The number of thiophene rings is 1. The fraction of sp³-hybridized carbons (Fsp3) is 0. The molecule has 10 rings (SSSR count). The van der Waals surface area contributed by atoms with Crippen molar-refractivity contribution in [2.75, 3.05) is 4.90 Å². The van der Waals surface area contributed by atoms with E-state index in [0.29, 0.717) is 11.1 Å². The third-order valence-corrected chi connectivity index (χ3v) is 10.7. The van der Waals surface area contributed by atoms with Crippen LogP contribution in [0.4, 0.5) is 17.1 Å². The Morgan fingerprint density at radius 2 is 1.10 bits per heavy atom. The van der Waals surface area contributed by atoms with Crippen molar-refractivity contribution < 1.29 is 16.4 Å². The van der Waals surface area contributed by atoms with E-state index in [4.69, 9.17) is 16.4 Å². The second-order valence-corrected chi connectivity index (χ2v) is 13.5. The summed E-state index contributed by atoms with van der Waals surface area (Å²) in [7, 11) is 0. The predicted molar refractivity (Wildman–Crippen MR) is 225 cm³/mol. The predicted octanol–water partition coefficient (Wildman–Crippen LogP) is 14.8. The summed E-state index contributed by atoms with van der Waals surface area (Å²) >= 11 is 1.69. The number of rotatable bonds is 6. The Balaban J connectivity index is 1.12. The molecule has 0 aliphatic heterocycles. The lowest BCUT2D eigenvalue weighted by atomic mass is 9.95. The van der Waals surface area contributed by atoms with Gasteiger partial charge in [0.15, 0.2) is 0 Å². The molecule has 52 heavy (non-hydrogen) atoms. The number of hydrogen-bond acceptors (Lipinski definition) is 2. The van der Waals surface area contributed by atoms with Crippen molar-refractivity contribution in [3.05, 3.63) is 200 Å². The maximum Gasteiger partial charge on any atom is 0.0640 e. The third kappa shape index (κ3) is 5.24. The second kappa shape index (κ2) is 12.7. The van der Waals surface area contributed by atoms with Gasteiger partial charge in [-0.05, 0) is 97.4 Å². The van der Waals surface area contributed by atoms with Gasteiger partial charge in [-0.25, -0.2) is 0 Å².